The van der Waals surface area contributed by atoms with Crippen LogP contribution in [0.15, 0.2) is 18.2 Å². The first kappa shape index (κ1) is 12.2. The molecule has 0 radical (unpaired) electrons. The third-order valence-electron chi connectivity index (χ3n) is 2.95. The quantitative estimate of drug-likeness (QED) is 0.813. The minimum absolute atomic E-state index is 0.287. The molecule has 1 saturated heterocycles. The van der Waals surface area contributed by atoms with E-state index < -0.39 is 0 Å². The minimum atomic E-state index is 0.287. The fourth-order valence-electron chi connectivity index (χ4n) is 1.96. The Kier molecular flexibility index (Phi) is 4.23. The van der Waals surface area contributed by atoms with Gasteiger partial charge in [0, 0.05) is 24.5 Å². The number of methoxy groups -OCH3 is 1. The molecule has 1 fully saturated rings. The van der Waals surface area contributed by atoms with E-state index in [1.54, 1.807) is 7.11 Å². The number of nitrogens with two attached hydrogens (primary N) is 1. The molecular weight excluding hydrogens is 218 g/mol. The summed E-state index contributed by atoms with van der Waals surface area (Å²) in [5, 5.41) is 0. The van der Waals surface area contributed by atoms with E-state index in [9.17, 15) is 0 Å². The summed E-state index contributed by atoms with van der Waals surface area (Å²) in [5.41, 5.74) is 7.49. The lowest BCUT2D eigenvalue weighted by Crippen LogP contribution is -2.23. The first-order valence-electron chi connectivity index (χ1n) is 5.91. The Hall–Kier alpha value is -1.26. The molecule has 1 aromatic carbocycles. The number of hydrogen-bond donors (Lipinski definition) is 1. The van der Waals surface area contributed by atoms with Crippen LogP contribution in [0.5, 0.6) is 5.75 Å². The third-order valence-corrected chi connectivity index (χ3v) is 2.95. The molecule has 94 valence electrons. The maximum Gasteiger partial charge on any atom is 0.124 e. The summed E-state index contributed by atoms with van der Waals surface area (Å²) in [5.74, 6) is 0.825. The van der Waals surface area contributed by atoms with Crippen LogP contribution in [0.4, 0.5) is 5.69 Å². The van der Waals surface area contributed by atoms with E-state index >= 15 is 0 Å². The average Bonchev–Trinajstić information content (AvgIpc) is 2.38. The smallest absolute Gasteiger partial charge is 0.124 e. The molecule has 1 aliphatic rings. The summed E-state index contributed by atoms with van der Waals surface area (Å²) in [4.78, 5) is 0. The second kappa shape index (κ2) is 5.89. The topological polar surface area (TPSA) is 53.7 Å². The Bertz CT molecular complexity index is 362. The number of anilines is 1. The third kappa shape index (κ3) is 3.35. The largest absolute Gasteiger partial charge is 0.496 e. The zero-order chi connectivity index (χ0) is 12.1. The molecule has 0 aliphatic carbocycles. The Morgan fingerprint density at radius 2 is 2.12 bits per heavy atom. The van der Waals surface area contributed by atoms with Crippen molar-refractivity contribution in [1.29, 1.82) is 0 Å². The highest BCUT2D eigenvalue weighted by Crippen LogP contribution is 2.23. The standard InChI is InChI=1S/C13H19NO3/c1-15-13-3-2-11(14)8-10(13)9-17-12-4-6-16-7-5-12/h2-3,8,12H,4-7,9,14H2,1H3. The van der Waals surface area contributed by atoms with Gasteiger partial charge < -0.3 is 19.9 Å². The molecule has 0 spiro atoms. The zero-order valence-electron chi connectivity index (χ0n) is 10.1. The van der Waals surface area contributed by atoms with Crippen LogP contribution in [0.3, 0.4) is 0 Å². The minimum Gasteiger partial charge on any atom is -0.496 e. The van der Waals surface area contributed by atoms with Gasteiger partial charge in [-0.2, -0.15) is 0 Å². The number of nitrogen functional groups attached to an aromatic ring is 1. The van der Waals surface area contributed by atoms with Gasteiger partial charge in [0.1, 0.15) is 5.75 Å². The van der Waals surface area contributed by atoms with Crippen molar-refractivity contribution in [1.82, 2.24) is 0 Å². The van der Waals surface area contributed by atoms with Crippen LogP contribution in [-0.2, 0) is 16.1 Å². The maximum absolute atomic E-state index is 5.85. The predicted octanol–water partition coefficient (Wildman–Crippen LogP) is 1.97. The molecule has 1 aliphatic heterocycles. The summed E-state index contributed by atoms with van der Waals surface area (Å²) in [7, 11) is 1.66. The van der Waals surface area contributed by atoms with Crippen molar-refractivity contribution in [3.05, 3.63) is 23.8 Å². The van der Waals surface area contributed by atoms with Crippen LogP contribution in [0, 0.1) is 0 Å². The van der Waals surface area contributed by atoms with Gasteiger partial charge in [-0.15, -0.1) is 0 Å². The molecule has 2 rings (SSSR count). The van der Waals surface area contributed by atoms with Gasteiger partial charge in [0.15, 0.2) is 0 Å². The molecule has 0 aromatic heterocycles. The van der Waals surface area contributed by atoms with E-state index in [4.69, 9.17) is 19.9 Å². The van der Waals surface area contributed by atoms with Crippen LogP contribution in [0.25, 0.3) is 0 Å². The fraction of sp³-hybridized carbons (Fsp3) is 0.538. The second-order valence-corrected chi connectivity index (χ2v) is 4.19. The van der Waals surface area contributed by atoms with E-state index in [-0.39, 0.29) is 6.10 Å². The Morgan fingerprint density at radius 3 is 2.82 bits per heavy atom. The average molecular weight is 237 g/mol. The van der Waals surface area contributed by atoms with Gasteiger partial charge in [0.05, 0.1) is 19.8 Å². The summed E-state index contributed by atoms with van der Waals surface area (Å²) in [6, 6.07) is 5.60. The molecule has 2 N–H and O–H groups in total. The lowest BCUT2D eigenvalue weighted by Gasteiger charge is -2.22. The molecule has 4 nitrogen and oxygen atoms in total. The Labute approximate surface area is 102 Å². The van der Waals surface area contributed by atoms with Gasteiger partial charge in [-0.05, 0) is 31.0 Å². The predicted molar refractivity (Wildman–Crippen MR) is 66.0 cm³/mol. The van der Waals surface area contributed by atoms with Crippen molar-refractivity contribution in [2.24, 2.45) is 0 Å². The van der Waals surface area contributed by atoms with Crippen LogP contribution >= 0.6 is 0 Å². The highest BCUT2D eigenvalue weighted by atomic mass is 16.5. The van der Waals surface area contributed by atoms with Crippen LogP contribution < -0.4 is 10.5 Å². The Balaban J connectivity index is 1.95. The van der Waals surface area contributed by atoms with Gasteiger partial charge in [-0.1, -0.05) is 0 Å². The molecule has 0 unspecified atom stereocenters. The molecular formula is C13H19NO3. The van der Waals surface area contributed by atoms with Gasteiger partial charge in [-0.3, -0.25) is 0 Å². The second-order valence-electron chi connectivity index (χ2n) is 4.19. The van der Waals surface area contributed by atoms with E-state index in [1.807, 2.05) is 18.2 Å². The lowest BCUT2D eigenvalue weighted by atomic mass is 10.1. The van der Waals surface area contributed by atoms with Crippen LogP contribution in [0.1, 0.15) is 18.4 Å². The van der Waals surface area contributed by atoms with E-state index in [2.05, 4.69) is 0 Å². The van der Waals surface area contributed by atoms with Crippen molar-refractivity contribution in [2.75, 3.05) is 26.1 Å². The van der Waals surface area contributed by atoms with E-state index in [0.717, 1.165) is 43.1 Å². The summed E-state index contributed by atoms with van der Waals surface area (Å²) >= 11 is 0. The van der Waals surface area contributed by atoms with Gasteiger partial charge in [0.25, 0.3) is 0 Å². The van der Waals surface area contributed by atoms with Crippen molar-refractivity contribution in [3.8, 4) is 5.75 Å². The molecule has 1 heterocycles. The van der Waals surface area contributed by atoms with E-state index in [1.165, 1.54) is 0 Å². The SMILES string of the molecule is COc1ccc(N)cc1COC1CCOCC1. The van der Waals surface area contributed by atoms with Gasteiger partial charge in [-0.25, -0.2) is 0 Å². The monoisotopic (exact) mass is 237 g/mol. The normalized spacial score (nSPS) is 17.0. The van der Waals surface area contributed by atoms with Gasteiger partial charge >= 0.3 is 0 Å². The van der Waals surface area contributed by atoms with Crippen molar-refractivity contribution >= 4 is 5.69 Å². The fourth-order valence-corrected chi connectivity index (χ4v) is 1.96. The molecule has 17 heavy (non-hydrogen) atoms. The van der Waals surface area contributed by atoms with Crippen molar-refractivity contribution in [2.45, 2.75) is 25.6 Å². The highest BCUT2D eigenvalue weighted by molar-refractivity contribution is 5.47. The van der Waals surface area contributed by atoms with Crippen molar-refractivity contribution in [3.63, 3.8) is 0 Å². The summed E-state index contributed by atoms with van der Waals surface area (Å²) in [6.07, 6.45) is 2.21. The number of ether oxygens (including phenoxy) is 3. The number of rotatable bonds is 4. The van der Waals surface area contributed by atoms with Crippen LogP contribution in [-0.4, -0.2) is 26.4 Å². The summed E-state index contributed by atoms with van der Waals surface area (Å²) in [6.45, 7) is 2.12. The molecule has 0 saturated carbocycles. The first-order chi connectivity index (χ1) is 8.29. The number of benzene rings is 1. The summed E-state index contributed by atoms with van der Waals surface area (Å²) < 4.78 is 16.4. The highest BCUT2D eigenvalue weighted by Gasteiger charge is 2.15. The molecule has 1 aromatic rings. The molecule has 0 bridgehead atoms. The van der Waals surface area contributed by atoms with Crippen molar-refractivity contribution < 1.29 is 14.2 Å². The van der Waals surface area contributed by atoms with Gasteiger partial charge in [0.2, 0.25) is 0 Å². The Morgan fingerprint density at radius 1 is 1.35 bits per heavy atom. The zero-order valence-corrected chi connectivity index (χ0v) is 10.1. The lowest BCUT2D eigenvalue weighted by molar-refractivity contribution is -0.0394. The molecule has 0 amide bonds. The molecule has 4 heteroatoms. The molecule has 0 atom stereocenters. The maximum atomic E-state index is 5.85. The van der Waals surface area contributed by atoms with E-state index in [0.29, 0.717) is 6.61 Å². The van der Waals surface area contributed by atoms with Crippen LogP contribution in [0.2, 0.25) is 0 Å². The number of hydrogen-bond acceptors (Lipinski definition) is 4. The first-order valence-corrected chi connectivity index (χ1v) is 5.91.